The van der Waals surface area contributed by atoms with E-state index in [0.29, 0.717) is 18.1 Å². The number of fused-ring (bicyclic) bond motifs is 1. The maximum atomic E-state index is 14.9. The first-order valence-corrected chi connectivity index (χ1v) is 12.5. The Morgan fingerprint density at radius 2 is 1.76 bits per heavy atom. The van der Waals surface area contributed by atoms with Crippen LogP contribution in [0, 0.1) is 17.7 Å². The van der Waals surface area contributed by atoms with Crippen LogP contribution in [-0.2, 0) is 21.1 Å². The van der Waals surface area contributed by atoms with Crippen LogP contribution in [0.4, 0.5) is 17.6 Å². The Bertz CT molecular complexity index is 1220. The van der Waals surface area contributed by atoms with Crippen LogP contribution in [0.25, 0.3) is 0 Å². The van der Waals surface area contributed by atoms with Crippen LogP contribution in [-0.4, -0.2) is 42.0 Å². The number of hydrogen-bond donors (Lipinski definition) is 1. The van der Waals surface area contributed by atoms with Crippen molar-refractivity contribution >= 4 is 11.8 Å². The van der Waals surface area contributed by atoms with Gasteiger partial charge in [0, 0.05) is 23.1 Å². The van der Waals surface area contributed by atoms with Gasteiger partial charge >= 0.3 is 6.18 Å². The molecule has 2 amide bonds. The smallest absolute Gasteiger partial charge is 0.381 e. The summed E-state index contributed by atoms with van der Waals surface area (Å²) in [6, 6.07) is 8.16. The third kappa shape index (κ3) is 4.98. The number of ether oxygens (including phenoxy) is 1. The molecule has 2 aromatic rings. The van der Waals surface area contributed by atoms with Gasteiger partial charge in [0.15, 0.2) is 0 Å². The first kappa shape index (κ1) is 25.7. The number of piperidine rings is 1. The topological polar surface area (TPSA) is 58.6 Å². The van der Waals surface area contributed by atoms with Crippen LogP contribution >= 0.6 is 0 Å². The average molecular weight is 519 g/mol. The minimum Gasteiger partial charge on any atom is -0.381 e. The summed E-state index contributed by atoms with van der Waals surface area (Å²) in [5.41, 5.74) is 0.260. The number of rotatable bonds is 5. The van der Waals surface area contributed by atoms with E-state index < -0.39 is 35.5 Å². The van der Waals surface area contributed by atoms with E-state index in [1.165, 1.54) is 0 Å². The lowest BCUT2D eigenvalue weighted by Gasteiger charge is -2.36. The largest absolute Gasteiger partial charge is 0.416 e. The van der Waals surface area contributed by atoms with E-state index in [4.69, 9.17) is 4.74 Å². The van der Waals surface area contributed by atoms with Gasteiger partial charge in [-0.1, -0.05) is 39.0 Å². The predicted octanol–water partition coefficient (Wildman–Crippen LogP) is 5.25. The standard InChI is InChI=1S/C28H30F4N2O3/c1-27(2,3)18-6-4-5-15(9-18)26(36)34-22-10-16(22)11-23(34)25(35)33-24(17-13-37-14-17)20-8-7-19(12-21(20)29)28(30,31)32/h4-9,12,16-17,22-24H,10-11,13-14H2,1-3H3,(H,33,35)/t16-,22-,23-,24-/m1/s1. The molecule has 0 unspecified atom stereocenters. The van der Waals surface area contributed by atoms with Gasteiger partial charge < -0.3 is 15.0 Å². The summed E-state index contributed by atoms with van der Waals surface area (Å²) in [5, 5.41) is 2.86. The lowest BCUT2D eigenvalue weighted by atomic mass is 9.86. The van der Waals surface area contributed by atoms with Gasteiger partial charge in [-0.15, -0.1) is 0 Å². The van der Waals surface area contributed by atoms with Crippen molar-refractivity contribution in [3.8, 4) is 0 Å². The SMILES string of the molecule is CC(C)(C)c1cccc(C(=O)N2[C@@H](C(=O)N[C@@H](c3ccc(C(F)(F)F)cc3F)C3COC3)C[C@H]3C[C@H]32)c1. The van der Waals surface area contributed by atoms with Gasteiger partial charge in [0.2, 0.25) is 5.91 Å². The van der Waals surface area contributed by atoms with Crippen LogP contribution in [0.3, 0.4) is 0 Å². The molecule has 0 bridgehead atoms. The number of likely N-dealkylation sites (tertiary alicyclic amines) is 1. The van der Waals surface area contributed by atoms with Gasteiger partial charge in [0.1, 0.15) is 11.9 Å². The number of halogens is 4. The molecule has 1 aliphatic carbocycles. The number of nitrogens with zero attached hydrogens (tertiary/aromatic N) is 1. The molecule has 2 aliphatic heterocycles. The zero-order valence-electron chi connectivity index (χ0n) is 20.9. The molecular weight excluding hydrogens is 488 g/mol. The first-order valence-electron chi connectivity index (χ1n) is 12.5. The van der Waals surface area contributed by atoms with E-state index in [1.807, 2.05) is 18.2 Å². The van der Waals surface area contributed by atoms with Crippen molar-refractivity contribution in [2.75, 3.05) is 13.2 Å². The van der Waals surface area contributed by atoms with Crippen molar-refractivity contribution in [2.45, 2.75) is 63.3 Å². The van der Waals surface area contributed by atoms with E-state index in [9.17, 15) is 27.2 Å². The highest BCUT2D eigenvalue weighted by molar-refractivity contribution is 5.99. The fraction of sp³-hybridized carbons (Fsp3) is 0.500. The van der Waals surface area contributed by atoms with Crippen LogP contribution < -0.4 is 5.32 Å². The van der Waals surface area contributed by atoms with Crippen molar-refractivity contribution < 1.29 is 31.9 Å². The van der Waals surface area contributed by atoms with Crippen molar-refractivity contribution in [1.82, 2.24) is 10.2 Å². The molecule has 37 heavy (non-hydrogen) atoms. The highest BCUT2D eigenvalue weighted by Crippen LogP contribution is 2.49. The molecule has 0 aromatic heterocycles. The minimum atomic E-state index is -4.67. The van der Waals surface area contributed by atoms with Crippen LogP contribution in [0.15, 0.2) is 42.5 Å². The summed E-state index contributed by atoms with van der Waals surface area (Å²) in [6.07, 6.45) is -3.33. The number of nitrogens with one attached hydrogen (secondary N) is 1. The summed E-state index contributed by atoms with van der Waals surface area (Å²) in [7, 11) is 0. The molecule has 2 heterocycles. The van der Waals surface area contributed by atoms with E-state index in [2.05, 4.69) is 26.1 Å². The zero-order valence-corrected chi connectivity index (χ0v) is 20.9. The lowest BCUT2D eigenvalue weighted by Crippen LogP contribution is -2.51. The third-order valence-corrected chi connectivity index (χ3v) is 7.71. The highest BCUT2D eigenvalue weighted by atomic mass is 19.4. The molecule has 9 heteroatoms. The summed E-state index contributed by atoms with van der Waals surface area (Å²) in [5.74, 6) is -1.73. The summed E-state index contributed by atoms with van der Waals surface area (Å²) >= 11 is 0. The van der Waals surface area contributed by atoms with Gasteiger partial charge in [-0.05, 0) is 54.0 Å². The number of carbonyl (C=O) groups is 2. The summed E-state index contributed by atoms with van der Waals surface area (Å²) in [4.78, 5) is 28.7. The monoisotopic (exact) mass is 518 g/mol. The van der Waals surface area contributed by atoms with Crippen LogP contribution in [0.1, 0.15) is 66.7 Å². The Labute approximate surface area is 213 Å². The molecule has 1 saturated carbocycles. The quantitative estimate of drug-likeness (QED) is 0.551. The fourth-order valence-corrected chi connectivity index (χ4v) is 5.35. The number of carbonyl (C=O) groups excluding carboxylic acids is 2. The maximum absolute atomic E-state index is 14.9. The molecule has 0 spiro atoms. The Hall–Kier alpha value is -2.94. The molecule has 0 radical (unpaired) electrons. The number of benzene rings is 2. The van der Waals surface area contributed by atoms with Crippen molar-refractivity contribution in [1.29, 1.82) is 0 Å². The van der Waals surface area contributed by atoms with E-state index >= 15 is 0 Å². The van der Waals surface area contributed by atoms with Gasteiger partial charge in [0.25, 0.3) is 5.91 Å². The van der Waals surface area contributed by atoms with E-state index in [1.54, 1.807) is 11.0 Å². The Morgan fingerprint density at radius 1 is 1.03 bits per heavy atom. The van der Waals surface area contributed by atoms with Gasteiger partial charge in [-0.25, -0.2) is 4.39 Å². The average Bonchev–Trinajstić information content (AvgIpc) is 3.45. The lowest BCUT2D eigenvalue weighted by molar-refractivity contribution is -0.138. The second kappa shape index (κ2) is 9.11. The molecule has 5 nitrogen and oxygen atoms in total. The van der Waals surface area contributed by atoms with Crippen LogP contribution in [0.2, 0.25) is 0 Å². The van der Waals surface area contributed by atoms with Gasteiger partial charge in [-0.3, -0.25) is 9.59 Å². The Kier molecular flexibility index (Phi) is 6.33. The molecule has 198 valence electrons. The van der Waals surface area contributed by atoms with Crippen LogP contribution in [0.5, 0.6) is 0 Å². The zero-order chi connectivity index (χ0) is 26.7. The molecule has 3 aliphatic rings. The Balaban J connectivity index is 1.38. The number of hydrogen-bond acceptors (Lipinski definition) is 3. The molecule has 4 atom stereocenters. The second-order valence-corrected chi connectivity index (χ2v) is 11.4. The number of amides is 2. The molecule has 5 rings (SSSR count). The predicted molar refractivity (Wildman–Crippen MR) is 128 cm³/mol. The third-order valence-electron chi connectivity index (χ3n) is 7.71. The van der Waals surface area contributed by atoms with Crippen molar-refractivity contribution in [2.24, 2.45) is 11.8 Å². The van der Waals surface area contributed by atoms with E-state index in [-0.39, 0.29) is 48.0 Å². The second-order valence-electron chi connectivity index (χ2n) is 11.4. The van der Waals surface area contributed by atoms with E-state index in [0.717, 1.165) is 24.1 Å². The fourth-order valence-electron chi connectivity index (χ4n) is 5.35. The summed E-state index contributed by atoms with van der Waals surface area (Å²) in [6.45, 7) is 6.69. The van der Waals surface area contributed by atoms with Crippen molar-refractivity contribution in [3.63, 3.8) is 0 Å². The first-order chi connectivity index (χ1) is 17.3. The molecule has 1 N–H and O–H groups in total. The van der Waals surface area contributed by atoms with Gasteiger partial charge in [0.05, 0.1) is 24.8 Å². The minimum absolute atomic E-state index is 0.0187. The molecule has 3 fully saturated rings. The highest BCUT2D eigenvalue weighted by Gasteiger charge is 2.56. The normalized spacial score (nSPS) is 24.3. The maximum Gasteiger partial charge on any atom is 0.416 e. The molecule has 2 aromatic carbocycles. The summed E-state index contributed by atoms with van der Waals surface area (Å²) < 4.78 is 59.2. The Morgan fingerprint density at radius 3 is 2.35 bits per heavy atom. The molecular formula is C28H30F4N2O3. The van der Waals surface area contributed by atoms with Gasteiger partial charge in [-0.2, -0.15) is 13.2 Å². The van der Waals surface area contributed by atoms with Crippen molar-refractivity contribution in [3.05, 3.63) is 70.5 Å². The number of alkyl halides is 3. The molecule has 2 saturated heterocycles.